The van der Waals surface area contributed by atoms with Crippen LogP contribution in [0.5, 0.6) is 0 Å². The molecule has 0 saturated carbocycles. The number of carbonyl (C=O) groups is 1. The normalized spacial score (nSPS) is 11.1. The minimum absolute atomic E-state index is 0.230. The van der Waals surface area contributed by atoms with Crippen molar-refractivity contribution in [1.82, 2.24) is 0 Å². The third-order valence-corrected chi connectivity index (χ3v) is 2.55. The maximum atomic E-state index is 12.6. The average Bonchev–Trinajstić information content (AvgIpc) is 2.84. The van der Waals surface area contributed by atoms with Gasteiger partial charge < -0.3 is 10.2 Å². The van der Waals surface area contributed by atoms with E-state index in [1.807, 2.05) is 6.07 Å². The molecule has 0 aliphatic carbocycles. The number of halogens is 3. The predicted molar refractivity (Wildman–Crippen MR) is 62.4 cm³/mol. The first kappa shape index (κ1) is 13.7. The Morgan fingerprint density at radius 3 is 2.30 bits per heavy atom. The molecule has 2 aromatic rings. The summed E-state index contributed by atoms with van der Waals surface area (Å²) in [7, 11) is 0. The largest absolute Gasteiger partial charge is 0.451 e. The van der Waals surface area contributed by atoms with E-state index in [0.29, 0.717) is 11.6 Å². The summed E-state index contributed by atoms with van der Waals surface area (Å²) in [5, 5.41) is 8.66. The van der Waals surface area contributed by atoms with Gasteiger partial charge in [0.15, 0.2) is 0 Å². The molecule has 1 aromatic carbocycles. The molecular weight excluding hydrogens is 273 g/mol. The van der Waals surface area contributed by atoms with Crippen LogP contribution in [0.3, 0.4) is 0 Å². The van der Waals surface area contributed by atoms with Gasteiger partial charge in [-0.05, 0) is 24.3 Å². The molecule has 0 aliphatic heterocycles. The number of amides is 1. The zero-order valence-electron chi connectivity index (χ0n) is 9.86. The lowest BCUT2D eigenvalue weighted by Gasteiger charge is -2.01. The van der Waals surface area contributed by atoms with Crippen molar-refractivity contribution in [2.24, 2.45) is 5.73 Å². The highest BCUT2D eigenvalue weighted by molar-refractivity contribution is 5.98. The Labute approximate surface area is 111 Å². The second-order valence-electron chi connectivity index (χ2n) is 3.90. The molecule has 20 heavy (non-hydrogen) atoms. The maximum absolute atomic E-state index is 12.6. The molecule has 0 saturated heterocycles. The highest BCUT2D eigenvalue weighted by Crippen LogP contribution is 2.36. The van der Waals surface area contributed by atoms with E-state index in [4.69, 9.17) is 15.4 Å². The number of rotatable bonds is 2. The zero-order chi connectivity index (χ0) is 14.9. The van der Waals surface area contributed by atoms with Gasteiger partial charge in [-0.15, -0.1) is 0 Å². The zero-order valence-corrected chi connectivity index (χ0v) is 9.86. The smallest absolute Gasteiger partial charge is 0.449 e. The minimum Gasteiger partial charge on any atom is -0.451 e. The van der Waals surface area contributed by atoms with Crippen LogP contribution < -0.4 is 5.73 Å². The molecule has 0 unspecified atom stereocenters. The van der Waals surface area contributed by atoms with E-state index in [-0.39, 0.29) is 16.9 Å². The number of nitrogens with two attached hydrogens (primary N) is 1. The van der Waals surface area contributed by atoms with Crippen molar-refractivity contribution < 1.29 is 22.4 Å². The summed E-state index contributed by atoms with van der Waals surface area (Å²) in [6, 6.07) is 7.99. The van der Waals surface area contributed by atoms with Gasteiger partial charge in [-0.3, -0.25) is 4.79 Å². The highest BCUT2D eigenvalue weighted by atomic mass is 19.4. The topological polar surface area (TPSA) is 80.0 Å². The van der Waals surface area contributed by atoms with Crippen LogP contribution in [0.1, 0.15) is 21.7 Å². The van der Waals surface area contributed by atoms with Crippen molar-refractivity contribution in [2.75, 3.05) is 0 Å². The Bertz CT molecular complexity index is 694. The summed E-state index contributed by atoms with van der Waals surface area (Å²) < 4.78 is 42.5. The molecule has 0 radical (unpaired) electrons. The van der Waals surface area contributed by atoms with Crippen molar-refractivity contribution in [1.29, 1.82) is 5.26 Å². The van der Waals surface area contributed by atoms with Crippen LogP contribution in [0.4, 0.5) is 13.2 Å². The number of carbonyl (C=O) groups excluding carboxylic acids is 1. The van der Waals surface area contributed by atoms with Crippen LogP contribution in [0.15, 0.2) is 34.7 Å². The fraction of sp³-hybridized carbons (Fsp3) is 0.0769. The second-order valence-corrected chi connectivity index (χ2v) is 3.90. The van der Waals surface area contributed by atoms with Gasteiger partial charge in [0.2, 0.25) is 5.76 Å². The lowest BCUT2D eigenvalue weighted by molar-refractivity contribution is -0.152. The third-order valence-electron chi connectivity index (χ3n) is 2.55. The fourth-order valence-electron chi connectivity index (χ4n) is 1.62. The van der Waals surface area contributed by atoms with Crippen LogP contribution in [0.25, 0.3) is 11.3 Å². The lowest BCUT2D eigenvalue weighted by Crippen LogP contribution is -2.11. The fourth-order valence-corrected chi connectivity index (χ4v) is 1.62. The summed E-state index contributed by atoms with van der Waals surface area (Å²) in [4.78, 5) is 11.2. The first-order valence-corrected chi connectivity index (χ1v) is 5.34. The van der Waals surface area contributed by atoms with Crippen molar-refractivity contribution >= 4 is 5.91 Å². The average molecular weight is 280 g/mol. The van der Waals surface area contributed by atoms with Gasteiger partial charge in [-0.25, -0.2) is 0 Å². The number of hydrogen-bond donors (Lipinski definition) is 1. The molecule has 4 nitrogen and oxygen atoms in total. The molecule has 0 fully saturated rings. The summed E-state index contributed by atoms with van der Waals surface area (Å²) in [6.45, 7) is 0. The van der Waals surface area contributed by atoms with Gasteiger partial charge in [0.1, 0.15) is 5.76 Å². The molecule has 0 spiro atoms. The Morgan fingerprint density at radius 2 is 1.85 bits per heavy atom. The monoisotopic (exact) mass is 280 g/mol. The minimum atomic E-state index is -4.71. The molecule has 2 rings (SSSR count). The molecule has 1 aromatic heterocycles. The number of nitrogens with zero attached hydrogens (tertiary/aromatic N) is 1. The van der Waals surface area contributed by atoms with E-state index >= 15 is 0 Å². The predicted octanol–water partition coefficient (Wildman–Crippen LogP) is 2.94. The Kier molecular flexibility index (Phi) is 3.24. The molecular formula is C13H7F3N2O2. The number of nitriles is 1. The molecule has 102 valence electrons. The molecule has 2 N–H and O–H groups in total. The van der Waals surface area contributed by atoms with Crippen LogP contribution in [0, 0.1) is 11.3 Å². The van der Waals surface area contributed by atoms with E-state index in [1.165, 1.54) is 24.3 Å². The Morgan fingerprint density at radius 1 is 1.25 bits per heavy atom. The van der Waals surface area contributed by atoms with Crippen LogP contribution in [-0.2, 0) is 6.18 Å². The summed E-state index contributed by atoms with van der Waals surface area (Å²) in [5.41, 5.74) is 5.25. The van der Waals surface area contributed by atoms with Gasteiger partial charge in [-0.2, -0.15) is 18.4 Å². The third kappa shape index (κ3) is 2.49. The van der Waals surface area contributed by atoms with Crippen LogP contribution in [-0.4, -0.2) is 5.91 Å². The number of alkyl halides is 3. The quantitative estimate of drug-likeness (QED) is 0.918. The SMILES string of the molecule is N#Cc1ccc(-c2oc(C(F)(F)F)cc2C(N)=O)cc1. The van der Waals surface area contributed by atoms with E-state index in [0.717, 1.165) is 0 Å². The van der Waals surface area contributed by atoms with E-state index < -0.39 is 17.8 Å². The van der Waals surface area contributed by atoms with Crippen molar-refractivity contribution in [2.45, 2.75) is 6.18 Å². The second kappa shape index (κ2) is 4.74. The standard InChI is InChI=1S/C13H7F3N2O2/c14-13(15,16)10-5-9(12(18)19)11(20-10)8-3-1-7(6-17)2-4-8/h1-5H,(H2,18,19). The van der Waals surface area contributed by atoms with Crippen LogP contribution >= 0.6 is 0 Å². The first-order chi connectivity index (χ1) is 9.32. The van der Waals surface area contributed by atoms with Crippen molar-refractivity contribution in [3.63, 3.8) is 0 Å². The molecule has 0 bridgehead atoms. The molecule has 1 amide bonds. The van der Waals surface area contributed by atoms with Gasteiger partial charge in [-0.1, -0.05) is 0 Å². The maximum Gasteiger partial charge on any atom is 0.449 e. The Balaban J connectivity index is 2.57. The van der Waals surface area contributed by atoms with Gasteiger partial charge >= 0.3 is 6.18 Å². The number of furan rings is 1. The number of primary amides is 1. The van der Waals surface area contributed by atoms with Gasteiger partial charge in [0, 0.05) is 11.6 Å². The molecule has 0 aliphatic rings. The van der Waals surface area contributed by atoms with E-state index in [2.05, 4.69) is 0 Å². The first-order valence-electron chi connectivity index (χ1n) is 5.34. The number of hydrogen-bond acceptors (Lipinski definition) is 3. The van der Waals surface area contributed by atoms with Crippen LogP contribution in [0.2, 0.25) is 0 Å². The van der Waals surface area contributed by atoms with Gasteiger partial charge in [0.05, 0.1) is 17.2 Å². The summed E-state index contributed by atoms with van der Waals surface area (Å²) >= 11 is 0. The molecule has 1 heterocycles. The summed E-state index contributed by atoms with van der Waals surface area (Å²) in [5.74, 6) is -2.59. The summed E-state index contributed by atoms with van der Waals surface area (Å²) in [6.07, 6.45) is -4.71. The molecule has 7 heteroatoms. The van der Waals surface area contributed by atoms with Gasteiger partial charge in [0.25, 0.3) is 5.91 Å². The lowest BCUT2D eigenvalue weighted by atomic mass is 10.1. The Hall–Kier alpha value is -2.75. The van der Waals surface area contributed by atoms with E-state index in [1.54, 1.807) is 0 Å². The van der Waals surface area contributed by atoms with Crippen molar-refractivity contribution in [3.05, 3.63) is 47.2 Å². The number of benzene rings is 1. The molecule has 0 atom stereocenters. The van der Waals surface area contributed by atoms with Crippen molar-refractivity contribution in [3.8, 4) is 17.4 Å². The highest BCUT2D eigenvalue weighted by Gasteiger charge is 2.37. The van der Waals surface area contributed by atoms with E-state index in [9.17, 15) is 18.0 Å².